The summed E-state index contributed by atoms with van der Waals surface area (Å²) in [6.45, 7) is 5.23. The summed E-state index contributed by atoms with van der Waals surface area (Å²) in [6, 6.07) is 3.40. The highest BCUT2D eigenvalue weighted by Crippen LogP contribution is 2.32. The highest BCUT2D eigenvalue weighted by molar-refractivity contribution is 6.35. The Hall–Kier alpha value is -0.480. The van der Waals surface area contributed by atoms with Crippen LogP contribution in [0.2, 0.25) is 10.0 Å². The van der Waals surface area contributed by atoms with Crippen molar-refractivity contribution < 1.29 is 9.47 Å². The Labute approximate surface area is 112 Å². The molecule has 0 saturated carbocycles. The second-order valence-electron chi connectivity index (χ2n) is 3.85. The summed E-state index contributed by atoms with van der Waals surface area (Å²) in [4.78, 5) is 0. The lowest BCUT2D eigenvalue weighted by atomic mass is 10.2. The summed E-state index contributed by atoms with van der Waals surface area (Å²) in [5.41, 5.74) is 6.41. The maximum atomic E-state index is 6.05. The number of halogens is 2. The van der Waals surface area contributed by atoms with Gasteiger partial charge in [-0.25, -0.2) is 0 Å². The lowest BCUT2D eigenvalue weighted by Gasteiger charge is -2.13. The lowest BCUT2D eigenvalue weighted by Crippen LogP contribution is -2.12. The van der Waals surface area contributed by atoms with Crippen LogP contribution < -0.4 is 10.5 Å². The molecule has 0 aliphatic heterocycles. The van der Waals surface area contributed by atoms with Crippen LogP contribution in [0, 0.1) is 0 Å². The quantitative estimate of drug-likeness (QED) is 0.812. The molecule has 0 aromatic heterocycles. The van der Waals surface area contributed by atoms with Gasteiger partial charge in [0.25, 0.3) is 0 Å². The highest BCUT2D eigenvalue weighted by Gasteiger charge is 2.09. The van der Waals surface area contributed by atoms with Crippen molar-refractivity contribution in [2.24, 2.45) is 5.73 Å². The van der Waals surface area contributed by atoms with Crippen LogP contribution >= 0.6 is 23.2 Å². The zero-order valence-corrected chi connectivity index (χ0v) is 11.5. The Kier molecular flexibility index (Phi) is 6.06. The van der Waals surface area contributed by atoms with Crippen molar-refractivity contribution in [1.29, 1.82) is 0 Å². The van der Waals surface area contributed by atoms with E-state index in [1.165, 1.54) is 0 Å². The molecule has 0 bridgehead atoms. The molecule has 0 fully saturated rings. The van der Waals surface area contributed by atoms with E-state index in [1.807, 2.05) is 13.8 Å². The van der Waals surface area contributed by atoms with Gasteiger partial charge in [-0.15, -0.1) is 0 Å². The monoisotopic (exact) mass is 277 g/mol. The van der Waals surface area contributed by atoms with E-state index in [0.717, 1.165) is 5.56 Å². The van der Waals surface area contributed by atoms with Gasteiger partial charge in [0.1, 0.15) is 12.4 Å². The van der Waals surface area contributed by atoms with E-state index in [-0.39, 0.29) is 6.10 Å². The number of hydrogen-bond acceptors (Lipinski definition) is 3. The molecule has 0 saturated heterocycles. The number of nitrogens with two attached hydrogens (primary N) is 1. The smallest absolute Gasteiger partial charge is 0.142 e. The molecule has 1 aromatic carbocycles. The van der Waals surface area contributed by atoms with Gasteiger partial charge in [0.15, 0.2) is 0 Å². The number of ether oxygens (including phenoxy) is 2. The minimum absolute atomic E-state index is 0.188. The molecule has 0 aliphatic carbocycles. The minimum atomic E-state index is 0.188. The van der Waals surface area contributed by atoms with E-state index in [9.17, 15) is 0 Å². The first kappa shape index (κ1) is 14.6. The summed E-state index contributed by atoms with van der Waals surface area (Å²) >= 11 is 11.9. The summed E-state index contributed by atoms with van der Waals surface area (Å²) in [7, 11) is 0. The highest BCUT2D eigenvalue weighted by atomic mass is 35.5. The lowest BCUT2D eigenvalue weighted by molar-refractivity contribution is 0.0551. The van der Waals surface area contributed by atoms with Crippen molar-refractivity contribution in [3.63, 3.8) is 0 Å². The first-order valence-corrected chi connectivity index (χ1v) is 6.22. The third-order valence-corrected chi connectivity index (χ3v) is 2.59. The fraction of sp³-hybridized carbons (Fsp3) is 0.500. The first-order valence-electron chi connectivity index (χ1n) is 5.47. The van der Waals surface area contributed by atoms with Crippen molar-refractivity contribution in [3.05, 3.63) is 27.7 Å². The summed E-state index contributed by atoms with van der Waals surface area (Å²) in [5.74, 6) is 0.589. The molecule has 1 aromatic rings. The van der Waals surface area contributed by atoms with Crippen LogP contribution in [0.15, 0.2) is 12.1 Å². The largest absolute Gasteiger partial charge is 0.489 e. The zero-order valence-electron chi connectivity index (χ0n) is 10.0. The third-order valence-electron chi connectivity index (χ3n) is 2.09. The Morgan fingerprint density at radius 1 is 1.24 bits per heavy atom. The Bertz CT molecular complexity index is 370. The molecule has 3 nitrogen and oxygen atoms in total. The van der Waals surface area contributed by atoms with E-state index >= 15 is 0 Å². The van der Waals surface area contributed by atoms with Crippen LogP contribution in [-0.2, 0) is 11.3 Å². The van der Waals surface area contributed by atoms with E-state index in [4.69, 9.17) is 38.4 Å². The normalized spacial score (nSPS) is 10.9. The molecule has 2 N–H and O–H groups in total. The molecule has 0 amide bonds. The molecule has 1 rings (SSSR count). The topological polar surface area (TPSA) is 44.5 Å². The van der Waals surface area contributed by atoms with Crippen LogP contribution in [-0.4, -0.2) is 19.3 Å². The zero-order chi connectivity index (χ0) is 12.8. The SMILES string of the molecule is CC(C)OCCOc1c(Cl)cc(Cl)cc1CN. The van der Waals surface area contributed by atoms with Crippen LogP contribution in [0.3, 0.4) is 0 Å². The average molecular weight is 278 g/mol. The summed E-state index contributed by atoms with van der Waals surface area (Å²) in [6.07, 6.45) is 0.188. The van der Waals surface area contributed by atoms with Gasteiger partial charge in [0.2, 0.25) is 0 Å². The number of benzene rings is 1. The van der Waals surface area contributed by atoms with Crippen molar-refractivity contribution in [2.45, 2.75) is 26.5 Å². The van der Waals surface area contributed by atoms with E-state index < -0.39 is 0 Å². The van der Waals surface area contributed by atoms with E-state index in [1.54, 1.807) is 12.1 Å². The fourth-order valence-corrected chi connectivity index (χ4v) is 1.94. The van der Waals surface area contributed by atoms with Gasteiger partial charge >= 0.3 is 0 Å². The number of hydrogen-bond donors (Lipinski definition) is 1. The van der Waals surface area contributed by atoms with Gasteiger partial charge in [-0.3, -0.25) is 0 Å². The van der Waals surface area contributed by atoms with Gasteiger partial charge in [-0.1, -0.05) is 23.2 Å². The van der Waals surface area contributed by atoms with Gasteiger partial charge in [0.05, 0.1) is 17.7 Å². The summed E-state index contributed by atoms with van der Waals surface area (Å²) in [5, 5.41) is 1.03. The Morgan fingerprint density at radius 2 is 1.94 bits per heavy atom. The van der Waals surface area contributed by atoms with Crippen molar-refractivity contribution in [1.82, 2.24) is 0 Å². The average Bonchev–Trinajstić information content (AvgIpc) is 2.25. The molecule has 0 unspecified atom stereocenters. The fourth-order valence-electron chi connectivity index (χ4n) is 1.35. The Morgan fingerprint density at radius 3 is 2.53 bits per heavy atom. The van der Waals surface area contributed by atoms with Crippen molar-refractivity contribution >= 4 is 23.2 Å². The molecule has 0 radical (unpaired) electrons. The van der Waals surface area contributed by atoms with E-state index in [0.29, 0.717) is 35.6 Å². The molecule has 17 heavy (non-hydrogen) atoms. The molecule has 5 heteroatoms. The summed E-state index contributed by atoms with van der Waals surface area (Å²) < 4.78 is 10.9. The molecule has 0 spiro atoms. The van der Waals surface area contributed by atoms with E-state index in [2.05, 4.69) is 0 Å². The van der Waals surface area contributed by atoms with Crippen molar-refractivity contribution in [3.8, 4) is 5.75 Å². The Balaban J connectivity index is 2.63. The second-order valence-corrected chi connectivity index (χ2v) is 4.69. The van der Waals surface area contributed by atoms with Gasteiger partial charge < -0.3 is 15.2 Å². The molecule has 96 valence electrons. The van der Waals surface area contributed by atoms with Crippen LogP contribution in [0.25, 0.3) is 0 Å². The molecule has 0 aliphatic rings. The minimum Gasteiger partial charge on any atom is -0.489 e. The third kappa shape index (κ3) is 4.72. The molecule has 0 atom stereocenters. The molecular formula is C12H17Cl2NO2. The van der Waals surface area contributed by atoms with Crippen LogP contribution in [0.4, 0.5) is 0 Å². The van der Waals surface area contributed by atoms with Crippen LogP contribution in [0.5, 0.6) is 5.75 Å². The van der Waals surface area contributed by atoms with Gasteiger partial charge in [-0.2, -0.15) is 0 Å². The maximum absolute atomic E-state index is 6.05. The molecule has 0 heterocycles. The standard InChI is InChI=1S/C12H17Cl2NO2/c1-8(2)16-3-4-17-12-9(7-15)5-10(13)6-11(12)14/h5-6,8H,3-4,7,15H2,1-2H3. The second kappa shape index (κ2) is 7.07. The predicted molar refractivity (Wildman–Crippen MR) is 70.9 cm³/mol. The van der Waals surface area contributed by atoms with Gasteiger partial charge in [0, 0.05) is 17.1 Å². The maximum Gasteiger partial charge on any atom is 0.142 e. The molecular weight excluding hydrogens is 261 g/mol. The predicted octanol–water partition coefficient (Wildman–Crippen LogP) is 3.26. The number of rotatable bonds is 6. The van der Waals surface area contributed by atoms with Gasteiger partial charge in [-0.05, 0) is 26.0 Å². The first-order chi connectivity index (χ1) is 8.04. The van der Waals surface area contributed by atoms with Crippen LogP contribution in [0.1, 0.15) is 19.4 Å². The van der Waals surface area contributed by atoms with Crippen molar-refractivity contribution in [2.75, 3.05) is 13.2 Å².